The summed E-state index contributed by atoms with van der Waals surface area (Å²) in [6, 6.07) is 2.05. The Balaban J connectivity index is 2.33. The van der Waals surface area contributed by atoms with Crippen LogP contribution in [-0.4, -0.2) is 9.97 Å². The van der Waals surface area contributed by atoms with Gasteiger partial charge in [0.2, 0.25) is 0 Å². The minimum Gasteiger partial charge on any atom is -0.264 e. The van der Waals surface area contributed by atoms with Crippen LogP contribution in [-0.2, 0) is 6.42 Å². The van der Waals surface area contributed by atoms with Crippen LogP contribution < -0.4 is 0 Å². The van der Waals surface area contributed by atoms with E-state index in [4.69, 9.17) is 0 Å². The third kappa shape index (κ3) is 1.02. The first-order chi connectivity index (χ1) is 6.86. The van der Waals surface area contributed by atoms with Gasteiger partial charge in [0, 0.05) is 41.2 Å². The third-order valence-electron chi connectivity index (χ3n) is 2.57. The van der Waals surface area contributed by atoms with Gasteiger partial charge in [0.25, 0.3) is 0 Å². The molecule has 0 aliphatic heterocycles. The highest BCUT2D eigenvalue weighted by atomic mass is 79.9. The summed E-state index contributed by atoms with van der Waals surface area (Å²) in [6.45, 7) is 0. The van der Waals surface area contributed by atoms with Gasteiger partial charge in [0.1, 0.15) is 0 Å². The van der Waals surface area contributed by atoms with Crippen molar-refractivity contribution in [2.75, 3.05) is 0 Å². The molecule has 0 unspecified atom stereocenters. The van der Waals surface area contributed by atoms with Gasteiger partial charge in [-0.2, -0.15) is 0 Å². The highest BCUT2D eigenvalue weighted by Crippen LogP contribution is 2.38. The van der Waals surface area contributed by atoms with Gasteiger partial charge in [-0.25, -0.2) is 0 Å². The monoisotopic (exact) mass is 246 g/mol. The maximum Gasteiger partial charge on any atom is 0.0413 e. The minimum absolute atomic E-state index is 0.960. The van der Waals surface area contributed by atoms with E-state index in [1.54, 1.807) is 0 Å². The van der Waals surface area contributed by atoms with Gasteiger partial charge in [0.05, 0.1) is 0 Å². The largest absolute Gasteiger partial charge is 0.264 e. The molecule has 1 aliphatic carbocycles. The first kappa shape index (κ1) is 8.12. The van der Waals surface area contributed by atoms with Crippen LogP contribution in [0.1, 0.15) is 11.1 Å². The summed E-state index contributed by atoms with van der Waals surface area (Å²) in [7, 11) is 0. The standard InChI is InChI=1S/C11H7BrN2/c12-11-6-14-5-10-8-1-2-13-4-7(8)3-9(10)11/h1-2,4-6H,3H2. The number of rotatable bonds is 0. The summed E-state index contributed by atoms with van der Waals surface area (Å²) in [6.07, 6.45) is 8.49. The summed E-state index contributed by atoms with van der Waals surface area (Å²) >= 11 is 3.52. The Morgan fingerprint density at radius 3 is 2.93 bits per heavy atom. The van der Waals surface area contributed by atoms with Crippen molar-refractivity contribution in [3.63, 3.8) is 0 Å². The lowest BCUT2D eigenvalue weighted by atomic mass is 10.1. The Labute approximate surface area is 90.2 Å². The predicted molar refractivity (Wildman–Crippen MR) is 58.0 cm³/mol. The molecule has 2 heterocycles. The van der Waals surface area contributed by atoms with Crippen molar-refractivity contribution < 1.29 is 0 Å². The van der Waals surface area contributed by atoms with E-state index in [1.807, 2.05) is 24.8 Å². The molecule has 0 spiro atoms. The Morgan fingerprint density at radius 2 is 2.00 bits per heavy atom. The van der Waals surface area contributed by atoms with Gasteiger partial charge < -0.3 is 0 Å². The van der Waals surface area contributed by atoms with Crippen LogP contribution in [0.4, 0.5) is 0 Å². The van der Waals surface area contributed by atoms with Crippen molar-refractivity contribution in [1.82, 2.24) is 9.97 Å². The normalized spacial score (nSPS) is 12.4. The van der Waals surface area contributed by atoms with Crippen LogP contribution in [0, 0.1) is 0 Å². The molecule has 0 N–H and O–H groups in total. The van der Waals surface area contributed by atoms with Gasteiger partial charge in [-0.05, 0) is 38.7 Å². The second-order valence-corrected chi connectivity index (χ2v) is 4.21. The molecule has 0 aromatic carbocycles. The third-order valence-corrected chi connectivity index (χ3v) is 3.25. The number of aromatic nitrogens is 2. The van der Waals surface area contributed by atoms with Crippen molar-refractivity contribution >= 4 is 15.9 Å². The van der Waals surface area contributed by atoms with Crippen LogP contribution in [0.15, 0.2) is 35.3 Å². The van der Waals surface area contributed by atoms with Crippen molar-refractivity contribution in [1.29, 1.82) is 0 Å². The molecule has 2 aromatic rings. The molecule has 0 saturated heterocycles. The maximum absolute atomic E-state index is 4.19. The smallest absolute Gasteiger partial charge is 0.0413 e. The van der Waals surface area contributed by atoms with E-state index in [0.29, 0.717) is 0 Å². The van der Waals surface area contributed by atoms with E-state index in [2.05, 4.69) is 32.0 Å². The van der Waals surface area contributed by atoms with Crippen LogP contribution in [0.5, 0.6) is 0 Å². The number of pyridine rings is 2. The van der Waals surface area contributed by atoms with E-state index < -0.39 is 0 Å². The molecule has 14 heavy (non-hydrogen) atoms. The Bertz CT molecular complexity index is 508. The molecule has 68 valence electrons. The molecule has 0 radical (unpaired) electrons. The van der Waals surface area contributed by atoms with Gasteiger partial charge in [-0.3, -0.25) is 9.97 Å². The number of nitrogens with zero attached hydrogens (tertiary/aromatic N) is 2. The Hall–Kier alpha value is -1.22. The molecule has 2 aromatic heterocycles. The van der Waals surface area contributed by atoms with Gasteiger partial charge >= 0.3 is 0 Å². The van der Waals surface area contributed by atoms with Crippen LogP contribution in [0.3, 0.4) is 0 Å². The van der Waals surface area contributed by atoms with E-state index in [-0.39, 0.29) is 0 Å². The molecule has 1 aliphatic rings. The van der Waals surface area contributed by atoms with Crippen molar-refractivity contribution in [3.8, 4) is 11.1 Å². The summed E-state index contributed by atoms with van der Waals surface area (Å²) in [5.41, 5.74) is 5.11. The second kappa shape index (κ2) is 2.89. The molecular formula is C11H7BrN2. The highest BCUT2D eigenvalue weighted by Gasteiger charge is 2.20. The molecule has 0 amide bonds. The Morgan fingerprint density at radius 1 is 1.07 bits per heavy atom. The molecule has 3 rings (SSSR count). The number of hydrogen-bond acceptors (Lipinski definition) is 2. The van der Waals surface area contributed by atoms with Crippen LogP contribution in [0.25, 0.3) is 11.1 Å². The summed E-state index contributed by atoms with van der Waals surface area (Å²) in [5, 5.41) is 0. The lowest BCUT2D eigenvalue weighted by Crippen LogP contribution is -1.83. The van der Waals surface area contributed by atoms with Crippen molar-refractivity contribution in [2.45, 2.75) is 6.42 Å². The zero-order valence-corrected chi connectivity index (χ0v) is 8.95. The average Bonchev–Trinajstić information content (AvgIpc) is 2.59. The second-order valence-electron chi connectivity index (χ2n) is 3.36. The minimum atomic E-state index is 0.960. The van der Waals surface area contributed by atoms with Gasteiger partial charge in [-0.1, -0.05) is 0 Å². The van der Waals surface area contributed by atoms with E-state index >= 15 is 0 Å². The zero-order valence-electron chi connectivity index (χ0n) is 7.37. The summed E-state index contributed by atoms with van der Waals surface area (Å²) in [5.74, 6) is 0. The van der Waals surface area contributed by atoms with E-state index in [0.717, 1.165) is 10.9 Å². The fraction of sp³-hybridized carbons (Fsp3) is 0.0909. The first-order valence-electron chi connectivity index (χ1n) is 4.42. The fourth-order valence-corrected chi connectivity index (χ4v) is 2.37. The maximum atomic E-state index is 4.19. The number of hydrogen-bond donors (Lipinski definition) is 0. The fourth-order valence-electron chi connectivity index (χ4n) is 1.89. The van der Waals surface area contributed by atoms with Gasteiger partial charge in [0.15, 0.2) is 0 Å². The van der Waals surface area contributed by atoms with Crippen LogP contribution in [0.2, 0.25) is 0 Å². The van der Waals surface area contributed by atoms with Crippen molar-refractivity contribution in [2.24, 2.45) is 0 Å². The lowest BCUT2D eigenvalue weighted by molar-refractivity contribution is 1.18. The van der Waals surface area contributed by atoms with Crippen LogP contribution >= 0.6 is 15.9 Å². The quantitative estimate of drug-likeness (QED) is 0.610. The number of fused-ring (bicyclic) bond motifs is 3. The zero-order chi connectivity index (χ0) is 9.54. The molecule has 3 heteroatoms. The molecule has 0 bridgehead atoms. The van der Waals surface area contributed by atoms with E-state index in [9.17, 15) is 0 Å². The van der Waals surface area contributed by atoms with Crippen molar-refractivity contribution in [3.05, 3.63) is 46.5 Å². The number of halogens is 1. The lowest BCUT2D eigenvalue weighted by Gasteiger charge is -2.00. The molecule has 0 saturated carbocycles. The molecule has 0 atom stereocenters. The van der Waals surface area contributed by atoms with E-state index in [1.165, 1.54) is 22.3 Å². The van der Waals surface area contributed by atoms with Gasteiger partial charge in [-0.15, -0.1) is 0 Å². The SMILES string of the molecule is Brc1cncc2c1Cc1cnccc1-2. The average molecular weight is 247 g/mol. The molecular weight excluding hydrogens is 240 g/mol. The molecule has 0 fully saturated rings. The first-order valence-corrected chi connectivity index (χ1v) is 5.21. The topological polar surface area (TPSA) is 25.8 Å². The summed E-state index contributed by atoms with van der Waals surface area (Å²) < 4.78 is 1.09. The predicted octanol–water partition coefficient (Wildman–Crippen LogP) is 2.81. The Kier molecular flexibility index (Phi) is 1.67. The highest BCUT2D eigenvalue weighted by molar-refractivity contribution is 9.10. The molecule has 2 nitrogen and oxygen atoms in total. The summed E-state index contributed by atoms with van der Waals surface area (Å²) in [4.78, 5) is 8.32.